The van der Waals surface area contributed by atoms with Crippen LogP contribution in [0.3, 0.4) is 0 Å². The maximum Gasteiger partial charge on any atom is 0.175 e. The summed E-state index contributed by atoms with van der Waals surface area (Å²) in [6.45, 7) is 7.44. The van der Waals surface area contributed by atoms with Crippen LogP contribution in [0.25, 0.3) is 0 Å². The van der Waals surface area contributed by atoms with Crippen LogP contribution in [-0.2, 0) is 11.2 Å². The lowest BCUT2D eigenvalue weighted by molar-refractivity contribution is 0.140. The lowest BCUT2D eigenvalue weighted by atomic mass is 10.1. The van der Waals surface area contributed by atoms with Crippen molar-refractivity contribution < 1.29 is 9.13 Å². The van der Waals surface area contributed by atoms with Crippen LogP contribution in [0.1, 0.15) is 32.5 Å². The normalized spacial score (nSPS) is 19.9. The van der Waals surface area contributed by atoms with Crippen molar-refractivity contribution in [3.05, 3.63) is 5.82 Å². The van der Waals surface area contributed by atoms with Gasteiger partial charge in [0.15, 0.2) is 5.82 Å². The molecule has 1 saturated heterocycles. The Morgan fingerprint density at radius 2 is 2.30 bits per heavy atom. The quantitative estimate of drug-likeness (QED) is 0.778. The second-order valence-electron chi connectivity index (χ2n) is 6.08. The number of tetrazole rings is 1. The number of aromatic nitrogens is 4. The maximum absolute atomic E-state index is 13.7. The molecule has 0 bridgehead atoms. The molecule has 1 aromatic rings. The van der Waals surface area contributed by atoms with Crippen LogP contribution >= 0.6 is 0 Å². The second-order valence-corrected chi connectivity index (χ2v) is 6.08. The summed E-state index contributed by atoms with van der Waals surface area (Å²) in [6, 6.07) is 0. The molecule has 0 aromatic carbocycles. The summed E-state index contributed by atoms with van der Waals surface area (Å²) >= 11 is 0. The van der Waals surface area contributed by atoms with Gasteiger partial charge in [0.1, 0.15) is 5.67 Å². The number of nitrogens with one attached hydrogen (secondary N) is 1. The van der Waals surface area contributed by atoms with Gasteiger partial charge in [-0.3, -0.25) is 0 Å². The standard InChI is InChI=1S/C13H24FN5O/c1-13(2,14)5-7-19(9-11-4-8-20-10-11)6-3-12-15-17-18-16-12/h11H,3-10H2,1-2H3,(H,15,16,17,18). The highest BCUT2D eigenvalue weighted by Crippen LogP contribution is 2.18. The topological polar surface area (TPSA) is 66.9 Å². The number of hydrogen-bond acceptors (Lipinski definition) is 5. The first-order chi connectivity index (χ1) is 9.53. The van der Waals surface area contributed by atoms with Gasteiger partial charge in [-0.2, -0.15) is 5.21 Å². The summed E-state index contributed by atoms with van der Waals surface area (Å²) < 4.78 is 19.1. The van der Waals surface area contributed by atoms with E-state index >= 15 is 0 Å². The summed E-state index contributed by atoms with van der Waals surface area (Å²) in [6.07, 6.45) is 2.36. The van der Waals surface area contributed by atoms with E-state index in [0.29, 0.717) is 18.2 Å². The van der Waals surface area contributed by atoms with Gasteiger partial charge in [-0.15, -0.1) is 10.2 Å². The Morgan fingerprint density at radius 3 is 2.90 bits per heavy atom. The molecule has 1 N–H and O–H groups in total. The minimum atomic E-state index is -1.13. The van der Waals surface area contributed by atoms with Gasteiger partial charge >= 0.3 is 0 Å². The molecule has 114 valence electrons. The number of nitrogens with zero attached hydrogens (tertiary/aromatic N) is 4. The van der Waals surface area contributed by atoms with Crippen molar-refractivity contribution in [2.75, 3.05) is 32.8 Å². The number of aromatic amines is 1. The van der Waals surface area contributed by atoms with Crippen molar-refractivity contribution in [3.8, 4) is 0 Å². The predicted molar refractivity (Wildman–Crippen MR) is 73.1 cm³/mol. The van der Waals surface area contributed by atoms with Gasteiger partial charge in [0.25, 0.3) is 0 Å². The first-order valence-electron chi connectivity index (χ1n) is 7.24. The van der Waals surface area contributed by atoms with Crippen LogP contribution in [0.5, 0.6) is 0 Å². The van der Waals surface area contributed by atoms with E-state index in [-0.39, 0.29) is 0 Å². The fourth-order valence-electron chi connectivity index (χ4n) is 2.36. The lowest BCUT2D eigenvalue weighted by Crippen LogP contribution is -2.35. The smallest absolute Gasteiger partial charge is 0.175 e. The van der Waals surface area contributed by atoms with Crippen molar-refractivity contribution in [3.63, 3.8) is 0 Å². The van der Waals surface area contributed by atoms with Crippen molar-refractivity contribution in [2.45, 2.75) is 38.8 Å². The molecular formula is C13H24FN5O. The molecule has 0 amide bonds. The average Bonchev–Trinajstić information content (AvgIpc) is 3.04. The summed E-state index contributed by atoms with van der Waals surface area (Å²) in [5.41, 5.74) is -1.13. The summed E-state index contributed by atoms with van der Waals surface area (Å²) in [7, 11) is 0. The lowest BCUT2D eigenvalue weighted by Gasteiger charge is -2.26. The van der Waals surface area contributed by atoms with Gasteiger partial charge in [0, 0.05) is 32.7 Å². The average molecular weight is 285 g/mol. The second kappa shape index (κ2) is 7.08. The van der Waals surface area contributed by atoms with Gasteiger partial charge in [0.2, 0.25) is 0 Å². The van der Waals surface area contributed by atoms with E-state index in [2.05, 4.69) is 25.5 Å². The number of H-pyrrole nitrogens is 1. The fraction of sp³-hybridized carbons (Fsp3) is 0.923. The maximum atomic E-state index is 13.7. The van der Waals surface area contributed by atoms with E-state index in [0.717, 1.165) is 45.7 Å². The molecule has 2 rings (SSSR count). The van der Waals surface area contributed by atoms with Crippen LogP contribution in [-0.4, -0.2) is 64.0 Å². The molecule has 0 aliphatic carbocycles. The van der Waals surface area contributed by atoms with Gasteiger partial charge < -0.3 is 9.64 Å². The third-order valence-corrected chi connectivity index (χ3v) is 3.60. The Bertz CT molecular complexity index is 373. The van der Waals surface area contributed by atoms with Crippen LogP contribution < -0.4 is 0 Å². The molecule has 1 aliphatic rings. The summed E-state index contributed by atoms with van der Waals surface area (Å²) in [5, 5.41) is 13.9. The summed E-state index contributed by atoms with van der Waals surface area (Å²) in [4.78, 5) is 2.29. The zero-order chi connectivity index (χ0) is 14.4. The van der Waals surface area contributed by atoms with Crippen LogP contribution in [0.15, 0.2) is 0 Å². The fourth-order valence-corrected chi connectivity index (χ4v) is 2.36. The van der Waals surface area contributed by atoms with Crippen LogP contribution in [0.2, 0.25) is 0 Å². The third kappa shape index (κ3) is 5.50. The minimum Gasteiger partial charge on any atom is -0.381 e. The van der Waals surface area contributed by atoms with Crippen LogP contribution in [0.4, 0.5) is 4.39 Å². The molecule has 1 unspecified atom stereocenters. The Morgan fingerprint density at radius 1 is 1.45 bits per heavy atom. The zero-order valence-corrected chi connectivity index (χ0v) is 12.3. The van der Waals surface area contributed by atoms with Crippen molar-refractivity contribution >= 4 is 0 Å². The van der Waals surface area contributed by atoms with Gasteiger partial charge in [-0.1, -0.05) is 5.21 Å². The highest BCUT2D eigenvalue weighted by Gasteiger charge is 2.22. The molecule has 0 spiro atoms. The van der Waals surface area contributed by atoms with E-state index in [9.17, 15) is 4.39 Å². The van der Waals surface area contributed by atoms with E-state index in [1.165, 1.54) is 0 Å². The highest BCUT2D eigenvalue weighted by molar-refractivity contribution is 4.80. The van der Waals surface area contributed by atoms with E-state index < -0.39 is 5.67 Å². The van der Waals surface area contributed by atoms with Gasteiger partial charge in [-0.25, -0.2) is 4.39 Å². The summed E-state index contributed by atoms with van der Waals surface area (Å²) in [5.74, 6) is 1.26. The van der Waals surface area contributed by atoms with Crippen LogP contribution in [0, 0.1) is 5.92 Å². The molecular weight excluding hydrogens is 261 g/mol. The van der Waals surface area contributed by atoms with Gasteiger partial charge in [-0.05, 0) is 32.6 Å². The molecule has 7 heteroatoms. The minimum absolute atomic E-state index is 0.535. The Labute approximate surface area is 119 Å². The monoisotopic (exact) mass is 285 g/mol. The molecule has 20 heavy (non-hydrogen) atoms. The molecule has 0 radical (unpaired) electrons. The van der Waals surface area contributed by atoms with E-state index in [1.807, 2.05) is 0 Å². The first kappa shape index (κ1) is 15.3. The number of rotatable bonds is 8. The van der Waals surface area contributed by atoms with Crippen molar-refractivity contribution in [2.24, 2.45) is 5.92 Å². The first-order valence-corrected chi connectivity index (χ1v) is 7.24. The Hall–Kier alpha value is -1.08. The Balaban J connectivity index is 1.81. The molecule has 0 saturated carbocycles. The van der Waals surface area contributed by atoms with Crippen molar-refractivity contribution in [1.29, 1.82) is 0 Å². The van der Waals surface area contributed by atoms with E-state index in [4.69, 9.17) is 4.74 Å². The number of hydrogen-bond donors (Lipinski definition) is 1. The number of halogens is 1. The molecule has 1 aliphatic heterocycles. The molecule has 1 fully saturated rings. The largest absolute Gasteiger partial charge is 0.381 e. The Kier molecular flexibility index (Phi) is 5.42. The SMILES string of the molecule is CC(C)(F)CCN(CCc1nn[nH]n1)CC1CCOC1. The van der Waals surface area contributed by atoms with Gasteiger partial charge in [0.05, 0.1) is 6.61 Å². The highest BCUT2D eigenvalue weighted by atomic mass is 19.1. The number of ether oxygens (including phenoxy) is 1. The third-order valence-electron chi connectivity index (χ3n) is 3.60. The van der Waals surface area contributed by atoms with E-state index in [1.54, 1.807) is 13.8 Å². The molecule has 2 heterocycles. The predicted octanol–water partition coefficient (Wildman–Crippen LogP) is 1.22. The molecule has 6 nitrogen and oxygen atoms in total. The molecule has 1 aromatic heterocycles. The number of alkyl halides is 1. The molecule has 1 atom stereocenters. The van der Waals surface area contributed by atoms with Crippen molar-refractivity contribution in [1.82, 2.24) is 25.5 Å². The zero-order valence-electron chi connectivity index (χ0n) is 12.3.